The summed E-state index contributed by atoms with van der Waals surface area (Å²) >= 11 is 0. The minimum Gasteiger partial charge on any atom is -0.497 e. The van der Waals surface area contributed by atoms with E-state index in [0.29, 0.717) is 23.6 Å². The van der Waals surface area contributed by atoms with E-state index in [9.17, 15) is 4.79 Å². The molecule has 0 aliphatic rings. The quantitative estimate of drug-likeness (QED) is 0.608. The van der Waals surface area contributed by atoms with Crippen molar-refractivity contribution in [2.24, 2.45) is 0 Å². The van der Waals surface area contributed by atoms with Crippen molar-refractivity contribution in [3.63, 3.8) is 0 Å². The number of ether oxygens (including phenoxy) is 2. The molecule has 0 saturated carbocycles. The van der Waals surface area contributed by atoms with Crippen LogP contribution in [0.3, 0.4) is 0 Å². The van der Waals surface area contributed by atoms with Crippen molar-refractivity contribution >= 4 is 5.91 Å². The van der Waals surface area contributed by atoms with E-state index in [-0.39, 0.29) is 5.91 Å². The highest BCUT2D eigenvalue weighted by Crippen LogP contribution is 2.22. The Morgan fingerprint density at radius 2 is 1.75 bits per heavy atom. The summed E-state index contributed by atoms with van der Waals surface area (Å²) in [7, 11) is 3.13. The smallest absolute Gasteiger partial charge is 0.251 e. The number of nitrogens with zero attached hydrogens (tertiary/aromatic N) is 2. The average Bonchev–Trinajstić information content (AvgIpc) is 3.11. The molecule has 0 fully saturated rings. The lowest BCUT2D eigenvalue weighted by atomic mass is 10.1. The van der Waals surface area contributed by atoms with Gasteiger partial charge in [0, 0.05) is 24.4 Å². The molecular weight excluding hydrogens is 354 g/mol. The first-order valence-corrected chi connectivity index (χ1v) is 9.22. The molecule has 1 aromatic heterocycles. The summed E-state index contributed by atoms with van der Waals surface area (Å²) in [4.78, 5) is 12.4. The van der Waals surface area contributed by atoms with Gasteiger partial charge in [-0.2, -0.15) is 5.10 Å². The van der Waals surface area contributed by atoms with E-state index in [1.54, 1.807) is 32.4 Å². The number of rotatable bonds is 8. The van der Waals surface area contributed by atoms with Gasteiger partial charge in [0.25, 0.3) is 5.91 Å². The van der Waals surface area contributed by atoms with E-state index in [2.05, 4.69) is 16.6 Å². The lowest BCUT2D eigenvalue weighted by Crippen LogP contribution is -2.24. The van der Waals surface area contributed by atoms with Crippen LogP contribution in [0.4, 0.5) is 0 Å². The van der Waals surface area contributed by atoms with Gasteiger partial charge in [0.05, 0.1) is 25.6 Å². The average molecular weight is 379 g/mol. The third kappa shape index (κ3) is 4.71. The third-order valence-corrected chi connectivity index (χ3v) is 4.54. The van der Waals surface area contributed by atoms with Crippen LogP contribution in [-0.4, -0.2) is 36.5 Å². The van der Waals surface area contributed by atoms with E-state index >= 15 is 0 Å². The highest BCUT2D eigenvalue weighted by atomic mass is 16.5. The van der Waals surface area contributed by atoms with Gasteiger partial charge in [-0.3, -0.25) is 4.79 Å². The topological polar surface area (TPSA) is 65.4 Å². The summed E-state index contributed by atoms with van der Waals surface area (Å²) in [5.41, 5.74) is 3.75. The predicted octanol–water partition coefficient (Wildman–Crippen LogP) is 3.56. The molecule has 3 rings (SSSR count). The minimum atomic E-state index is -0.145. The molecule has 6 heteroatoms. The second kappa shape index (κ2) is 9.08. The number of hydrogen-bond donors (Lipinski definition) is 1. The van der Waals surface area contributed by atoms with E-state index in [4.69, 9.17) is 9.47 Å². The molecule has 0 aliphatic heterocycles. The Kier molecular flexibility index (Phi) is 6.32. The van der Waals surface area contributed by atoms with Crippen LogP contribution in [0.2, 0.25) is 0 Å². The Morgan fingerprint density at radius 1 is 1.07 bits per heavy atom. The molecule has 0 aliphatic carbocycles. The van der Waals surface area contributed by atoms with E-state index in [1.807, 2.05) is 41.9 Å². The van der Waals surface area contributed by atoms with Crippen molar-refractivity contribution in [1.29, 1.82) is 0 Å². The van der Waals surface area contributed by atoms with Crippen LogP contribution in [0.1, 0.15) is 28.0 Å². The van der Waals surface area contributed by atoms with Gasteiger partial charge in [-0.25, -0.2) is 4.68 Å². The van der Waals surface area contributed by atoms with Gasteiger partial charge in [0.15, 0.2) is 0 Å². The molecule has 28 heavy (non-hydrogen) atoms. The van der Waals surface area contributed by atoms with Crippen LogP contribution in [0.15, 0.2) is 54.7 Å². The van der Waals surface area contributed by atoms with Crippen molar-refractivity contribution in [2.45, 2.75) is 19.8 Å². The molecule has 3 aromatic rings. The number of nitrogens with one attached hydrogen (secondary N) is 1. The van der Waals surface area contributed by atoms with Gasteiger partial charge < -0.3 is 14.8 Å². The molecule has 0 spiro atoms. The number of amides is 1. The largest absolute Gasteiger partial charge is 0.497 e. The second-order valence-corrected chi connectivity index (χ2v) is 6.48. The highest BCUT2D eigenvalue weighted by Gasteiger charge is 2.10. The third-order valence-electron chi connectivity index (χ3n) is 4.54. The number of hydrogen-bond acceptors (Lipinski definition) is 4. The van der Waals surface area contributed by atoms with Crippen LogP contribution in [0.5, 0.6) is 11.5 Å². The zero-order valence-corrected chi connectivity index (χ0v) is 16.4. The Labute approximate surface area is 165 Å². The van der Waals surface area contributed by atoms with Crippen LogP contribution in [0.25, 0.3) is 5.69 Å². The fourth-order valence-corrected chi connectivity index (χ4v) is 2.98. The zero-order valence-electron chi connectivity index (χ0n) is 16.4. The standard InChI is InChI=1S/C22H25N3O3/c1-16-17(15-25(24-16)19-9-5-4-6-10-19)8-7-11-23-22(26)18-12-20(27-2)14-21(13-18)28-3/h4-6,9-10,12-15H,7-8,11H2,1-3H3,(H,23,26). The predicted molar refractivity (Wildman–Crippen MR) is 109 cm³/mol. The summed E-state index contributed by atoms with van der Waals surface area (Å²) in [5.74, 6) is 1.04. The number of methoxy groups -OCH3 is 2. The second-order valence-electron chi connectivity index (χ2n) is 6.48. The molecule has 1 N–H and O–H groups in total. The van der Waals surface area contributed by atoms with Gasteiger partial charge in [0.2, 0.25) is 0 Å². The van der Waals surface area contributed by atoms with Crippen LogP contribution in [0, 0.1) is 6.92 Å². The highest BCUT2D eigenvalue weighted by molar-refractivity contribution is 5.95. The van der Waals surface area contributed by atoms with Crippen LogP contribution in [-0.2, 0) is 6.42 Å². The van der Waals surface area contributed by atoms with Crippen molar-refractivity contribution in [2.75, 3.05) is 20.8 Å². The molecule has 1 heterocycles. The van der Waals surface area contributed by atoms with Gasteiger partial charge in [-0.1, -0.05) is 18.2 Å². The lowest BCUT2D eigenvalue weighted by Gasteiger charge is -2.09. The first-order valence-electron chi connectivity index (χ1n) is 9.22. The van der Waals surface area contributed by atoms with Crippen molar-refractivity contribution in [3.8, 4) is 17.2 Å². The summed E-state index contributed by atoms with van der Waals surface area (Å²) in [6.07, 6.45) is 3.73. The number of benzene rings is 2. The molecule has 0 atom stereocenters. The summed E-state index contributed by atoms with van der Waals surface area (Å²) in [6, 6.07) is 15.2. The van der Waals surface area contributed by atoms with E-state index in [1.165, 1.54) is 5.56 Å². The fourth-order valence-electron chi connectivity index (χ4n) is 2.98. The molecule has 0 saturated heterocycles. The minimum absolute atomic E-state index is 0.145. The van der Waals surface area contributed by atoms with Gasteiger partial charge in [-0.05, 0) is 49.6 Å². The molecule has 1 amide bonds. The van der Waals surface area contributed by atoms with Crippen LogP contribution >= 0.6 is 0 Å². The number of para-hydroxylation sites is 1. The number of aryl methyl sites for hydroxylation is 2. The van der Waals surface area contributed by atoms with E-state index < -0.39 is 0 Å². The maximum absolute atomic E-state index is 12.4. The first kappa shape index (κ1) is 19.5. The molecular formula is C22H25N3O3. The van der Waals surface area contributed by atoms with E-state index in [0.717, 1.165) is 24.2 Å². The Balaban J connectivity index is 1.55. The Hall–Kier alpha value is -3.28. The zero-order chi connectivity index (χ0) is 19.9. The van der Waals surface area contributed by atoms with Gasteiger partial charge in [-0.15, -0.1) is 0 Å². The van der Waals surface area contributed by atoms with Crippen LogP contribution < -0.4 is 14.8 Å². The molecule has 0 unspecified atom stereocenters. The van der Waals surface area contributed by atoms with Crippen molar-refractivity contribution in [1.82, 2.24) is 15.1 Å². The maximum atomic E-state index is 12.4. The molecule has 6 nitrogen and oxygen atoms in total. The van der Waals surface area contributed by atoms with Crippen molar-refractivity contribution in [3.05, 3.63) is 71.5 Å². The molecule has 0 radical (unpaired) electrons. The normalized spacial score (nSPS) is 10.5. The SMILES string of the molecule is COc1cc(OC)cc(C(=O)NCCCc2cn(-c3ccccc3)nc2C)c1. The summed E-state index contributed by atoms with van der Waals surface area (Å²) in [6.45, 7) is 2.59. The summed E-state index contributed by atoms with van der Waals surface area (Å²) < 4.78 is 12.3. The monoisotopic (exact) mass is 379 g/mol. The van der Waals surface area contributed by atoms with Gasteiger partial charge >= 0.3 is 0 Å². The Morgan fingerprint density at radius 3 is 2.39 bits per heavy atom. The first-order chi connectivity index (χ1) is 13.6. The molecule has 146 valence electrons. The number of carbonyl (C=O) groups excluding carboxylic acids is 1. The van der Waals surface area contributed by atoms with Gasteiger partial charge in [0.1, 0.15) is 11.5 Å². The maximum Gasteiger partial charge on any atom is 0.251 e. The lowest BCUT2D eigenvalue weighted by molar-refractivity contribution is 0.0952. The molecule has 2 aromatic carbocycles. The van der Waals surface area contributed by atoms with Crippen molar-refractivity contribution < 1.29 is 14.3 Å². The molecule has 0 bridgehead atoms. The summed E-state index contributed by atoms with van der Waals surface area (Å²) in [5, 5.41) is 7.53. The fraction of sp³-hybridized carbons (Fsp3) is 0.273. The number of carbonyl (C=O) groups is 1. The number of aromatic nitrogens is 2. The Bertz CT molecular complexity index is 913.